The molecule has 1 fully saturated rings. The van der Waals surface area contributed by atoms with Crippen molar-refractivity contribution in [2.45, 2.75) is 57.3 Å². The fraction of sp³-hybridized carbons (Fsp3) is 0.556. The maximum atomic E-state index is 11.0. The fourth-order valence-corrected chi connectivity index (χ4v) is 3.08. The number of hydrogen-bond acceptors (Lipinski definition) is 4. The Labute approximate surface area is 138 Å². The van der Waals surface area contributed by atoms with Gasteiger partial charge in [-0.1, -0.05) is 18.2 Å². The van der Waals surface area contributed by atoms with E-state index >= 15 is 0 Å². The van der Waals surface area contributed by atoms with E-state index in [0.717, 1.165) is 16.8 Å². The van der Waals surface area contributed by atoms with Crippen LogP contribution in [0.4, 0.5) is 0 Å². The number of ether oxygens (including phenoxy) is 1. The second kappa shape index (κ2) is 5.37. The molecule has 2 aliphatic heterocycles. The Hall–Kier alpha value is -1.30. The van der Waals surface area contributed by atoms with Crippen LogP contribution in [0.5, 0.6) is 5.75 Å². The Morgan fingerprint density at radius 1 is 1.22 bits per heavy atom. The van der Waals surface area contributed by atoms with Crippen molar-refractivity contribution in [1.82, 2.24) is 0 Å². The molecule has 1 unspecified atom stereocenters. The van der Waals surface area contributed by atoms with Crippen molar-refractivity contribution in [3.63, 3.8) is 0 Å². The third-order valence-electron chi connectivity index (χ3n) is 5.29. The van der Waals surface area contributed by atoms with Crippen LogP contribution in [0, 0.1) is 0 Å². The third kappa shape index (κ3) is 2.71. The molecule has 23 heavy (non-hydrogen) atoms. The Bertz CT molecular complexity index is 609. The lowest BCUT2D eigenvalue weighted by Gasteiger charge is -2.34. The molecule has 0 amide bonds. The number of benzene rings is 1. The van der Waals surface area contributed by atoms with Gasteiger partial charge in [0, 0.05) is 12.0 Å². The second-order valence-electron chi connectivity index (χ2n) is 7.47. The van der Waals surface area contributed by atoms with E-state index in [9.17, 15) is 5.11 Å². The normalized spacial score (nSPS) is 28.1. The first-order valence-corrected chi connectivity index (χ1v) is 8.15. The molecule has 3 rings (SSSR count). The quantitative estimate of drug-likeness (QED) is 0.688. The molecule has 0 aromatic heterocycles. The van der Waals surface area contributed by atoms with Crippen LogP contribution in [0.15, 0.2) is 30.9 Å². The molecule has 0 spiro atoms. The summed E-state index contributed by atoms with van der Waals surface area (Å²) in [6, 6.07) is 5.78. The fourth-order valence-electron chi connectivity index (χ4n) is 3.08. The standard InChI is InChI=1S/C18H25BO4/c1-6-9-18(20)10-11-21-15-8-7-13(12-14(15)18)19-22-16(2,3)17(4,5)23-19/h6-8,12,20H,1,9-11H2,2-5H3. The molecule has 1 N–H and O–H groups in total. The summed E-state index contributed by atoms with van der Waals surface area (Å²) >= 11 is 0. The maximum absolute atomic E-state index is 11.0. The van der Waals surface area contributed by atoms with Gasteiger partial charge in [0.15, 0.2) is 0 Å². The molecule has 0 radical (unpaired) electrons. The van der Waals surface area contributed by atoms with E-state index in [1.165, 1.54) is 0 Å². The van der Waals surface area contributed by atoms with Crippen molar-refractivity contribution in [3.8, 4) is 5.75 Å². The largest absolute Gasteiger partial charge is 0.494 e. The zero-order chi connectivity index (χ0) is 16.9. The number of hydrogen-bond donors (Lipinski definition) is 1. The van der Waals surface area contributed by atoms with Gasteiger partial charge < -0.3 is 19.2 Å². The van der Waals surface area contributed by atoms with Crippen molar-refractivity contribution >= 4 is 12.6 Å². The van der Waals surface area contributed by atoms with Gasteiger partial charge in [0.2, 0.25) is 0 Å². The first kappa shape index (κ1) is 16.6. The second-order valence-corrected chi connectivity index (χ2v) is 7.47. The maximum Gasteiger partial charge on any atom is 0.494 e. The summed E-state index contributed by atoms with van der Waals surface area (Å²) in [7, 11) is -0.444. The average Bonchev–Trinajstić information content (AvgIpc) is 2.68. The summed E-state index contributed by atoms with van der Waals surface area (Å²) in [5.41, 5.74) is -0.0240. The molecule has 1 aromatic carbocycles. The summed E-state index contributed by atoms with van der Waals surface area (Å²) in [5, 5.41) is 11.0. The third-order valence-corrected chi connectivity index (χ3v) is 5.29. The topological polar surface area (TPSA) is 47.9 Å². The molecular weight excluding hydrogens is 291 g/mol. The summed E-state index contributed by atoms with van der Waals surface area (Å²) in [5.74, 6) is 0.723. The Kier molecular flexibility index (Phi) is 3.86. The van der Waals surface area contributed by atoms with Crippen LogP contribution in [0.25, 0.3) is 0 Å². The Morgan fingerprint density at radius 3 is 2.48 bits per heavy atom. The first-order chi connectivity index (χ1) is 10.7. The average molecular weight is 316 g/mol. The molecule has 2 aliphatic rings. The molecule has 0 aliphatic carbocycles. The summed E-state index contributed by atoms with van der Waals surface area (Å²) in [6.45, 7) is 12.4. The monoisotopic (exact) mass is 316 g/mol. The van der Waals surface area contributed by atoms with Crippen molar-refractivity contribution < 1.29 is 19.2 Å². The molecule has 4 nitrogen and oxygen atoms in total. The lowest BCUT2D eigenvalue weighted by atomic mass is 9.75. The molecule has 1 saturated heterocycles. The van der Waals surface area contributed by atoms with Crippen LogP contribution >= 0.6 is 0 Å². The van der Waals surface area contributed by atoms with Gasteiger partial charge in [0.05, 0.1) is 23.4 Å². The van der Waals surface area contributed by atoms with E-state index in [0.29, 0.717) is 19.4 Å². The van der Waals surface area contributed by atoms with Crippen molar-refractivity contribution in [1.29, 1.82) is 0 Å². The Morgan fingerprint density at radius 2 is 1.87 bits per heavy atom. The van der Waals surface area contributed by atoms with Crippen LogP contribution in [-0.4, -0.2) is 30.0 Å². The minimum absolute atomic E-state index is 0.387. The zero-order valence-corrected chi connectivity index (χ0v) is 14.4. The van der Waals surface area contributed by atoms with Crippen LogP contribution in [0.1, 0.15) is 46.1 Å². The van der Waals surface area contributed by atoms with Gasteiger partial charge in [-0.15, -0.1) is 6.58 Å². The predicted molar refractivity (Wildman–Crippen MR) is 91.0 cm³/mol. The van der Waals surface area contributed by atoms with Gasteiger partial charge in [0.25, 0.3) is 0 Å². The summed E-state index contributed by atoms with van der Waals surface area (Å²) in [6.07, 6.45) is 2.80. The first-order valence-electron chi connectivity index (χ1n) is 8.15. The Balaban J connectivity index is 1.97. The van der Waals surface area contributed by atoms with Crippen molar-refractivity contribution in [2.75, 3.05) is 6.61 Å². The van der Waals surface area contributed by atoms with Crippen LogP contribution in [0.2, 0.25) is 0 Å². The molecule has 2 heterocycles. The van der Waals surface area contributed by atoms with Crippen LogP contribution in [0.3, 0.4) is 0 Å². The number of fused-ring (bicyclic) bond motifs is 1. The zero-order valence-electron chi connectivity index (χ0n) is 14.4. The van der Waals surface area contributed by atoms with Crippen LogP contribution < -0.4 is 10.2 Å². The van der Waals surface area contributed by atoms with Gasteiger partial charge in [-0.25, -0.2) is 0 Å². The lowest BCUT2D eigenvalue weighted by molar-refractivity contribution is -0.000144. The molecule has 124 valence electrons. The van der Waals surface area contributed by atoms with E-state index < -0.39 is 12.7 Å². The van der Waals surface area contributed by atoms with Gasteiger partial charge in [-0.2, -0.15) is 0 Å². The molecule has 1 atom stereocenters. The highest BCUT2D eigenvalue weighted by Gasteiger charge is 2.52. The number of rotatable bonds is 3. The predicted octanol–water partition coefficient (Wildman–Crippen LogP) is 2.53. The van der Waals surface area contributed by atoms with E-state index in [4.69, 9.17) is 14.0 Å². The lowest BCUT2D eigenvalue weighted by Crippen LogP contribution is -2.41. The summed E-state index contributed by atoms with van der Waals surface area (Å²) < 4.78 is 17.9. The van der Waals surface area contributed by atoms with E-state index in [-0.39, 0.29) is 11.2 Å². The van der Waals surface area contributed by atoms with Crippen molar-refractivity contribution in [3.05, 3.63) is 36.4 Å². The van der Waals surface area contributed by atoms with Gasteiger partial charge >= 0.3 is 7.12 Å². The molecule has 1 aromatic rings. The van der Waals surface area contributed by atoms with Gasteiger partial charge in [-0.3, -0.25) is 0 Å². The van der Waals surface area contributed by atoms with Crippen LogP contribution in [-0.2, 0) is 14.9 Å². The highest BCUT2D eigenvalue weighted by atomic mass is 16.7. The molecule has 0 bridgehead atoms. The van der Waals surface area contributed by atoms with E-state index in [1.807, 2.05) is 45.9 Å². The summed E-state index contributed by atoms with van der Waals surface area (Å²) in [4.78, 5) is 0. The van der Waals surface area contributed by atoms with E-state index in [2.05, 4.69) is 6.58 Å². The van der Waals surface area contributed by atoms with Gasteiger partial charge in [-0.05, 0) is 45.6 Å². The molecule has 0 saturated carbocycles. The minimum atomic E-state index is -0.936. The highest BCUT2D eigenvalue weighted by molar-refractivity contribution is 6.62. The van der Waals surface area contributed by atoms with Crippen molar-refractivity contribution in [2.24, 2.45) is 0 Å². The van der Waals surface area contributed by atoms with E-state index in [1.54, 1.807) is 6.08 Å². The SMILES string of the molecule is C=CCC1(O)CCOc2ccc(B3OC(C)(C)C(C)(C)O3)cc21. The molecular formula is C18H25BO4. The smallest absolute Gasteiger partial charge is 0.493 e. The minimum Gasteiger partial charge on any atom is -0.493 e. The number of aliphatic hydroxyl groups is 1. The molecule has 5 heteroatoms. The van der Waals surface area contributed by atoms with Gasteiger partial charge in [0.1, 0.15) is 5.75 Å². The highest BCUT2D eigenvalue weighted by Crippen LogP contribution is 2.40.